The molecule has 0 aromatic heterocycles. The van der Waals surface area contributed by atoms with E-state index in [9.17, 15) is 4.79 Å². The van der Waals surface area contributed by atoms with E-state index >= 15 is 0 Å². The first kappa shape index (κ1) is 21.3. The van der Waals surface area contributed by atoms with Gasteiger partial charge in [0.1, 0.15) is 11.8 Å². The number of amides is 1. The molecule has 1 heterocycles. The van der Waals surface area contributed by atoms with Crippen LogP contribution in [-0.2, 0) is 4.79 Å². The van der Waals surface area contributed by atoms with E-state index < -0.39 is 0 Å². The summed E-state index contributed by atoms with van der Waals surface area (Å²) in [4.78, 5) is 17.6. The van der Waals surface area contributed by atoms with Gasteiger partial charge in [0.05, 0.1) is 13.2 Å². The average Bonchev–Trinajstić information content (AvgIpc) is 2.75. The molecule has 0 radical (unpaired) electrons. The van der Waals surface area contributed by atoms with Crippen LogP contribution >= 0.6 is 0 Å². The summed E-state index contributed by atoms with van der Waals surface area (Å²) in [5.41, 5.74) is 2.19. The third kappa shape index (κ3) is 5.58. The van der Waals surface area contributed by atoms with E-state index in [1.165, 1.54) is 24.8 Å². The molecule has 29 heavy (non-hydrogen) atoms. The van der Waals surface area contributed by atoms with Crippen LogP contribution in [0.3, 0.4) is 0 Å². The zero-order chi connectivity index (χ0) is 20.6. The van der Waals surface area contributed by atoms with Gasteiger partial charge >= 0.3 is 0 Å². The summed E-state index contributed by atoms with van der Waals surface area (Å²) >= 11 is 0. The van der Waals surface area contributed by atoms with Crippen molar-refractivity contribution in [3.05, 3.63) is 65.7 Å². The monoisotopic (exact) mass is 395 g/mol. The number of methoxy groups -OCH3 is 1. The van der Waals surface area contributed by atoms with E-state index in [4.69, 9.17) is 4.74 Å². The van der Waals surface area contributed by atoms with Crippen molar-refractivity contribution in [1.82, 2.24) is 15.1 Å². The van der Waals surface area contributed by atoms with Crippen LogP contribution < -0.4 is 10.1 Å². The zero-order valence-electron chi connectivity index (χ0n) is 17.8. The Labute approximate surface area is 174 Å². The smallest absolute Gasteiger partial charge is 0.242 e. The van der Waals surface area contributed by atoms with Gasteiger partial charge in [-0.2, -0.15) is 0 Å². The van der Waals surface area contributed by atoms with Gasteiger partial charge in [-0.3, -0.25) is 14.6 Å². The number of piperidine rings is 1. The number of likely N-dealkylation sites (N-methyl/N-ethyl adjacent to an activating group) is 1. The Kier molecular flexibility index (Phi) is 7.67. The normalized spacial score (nSPS) is 17.0. The fourth-order valence-corrected chi connectivity index (χ4v) is 4.15. The third-order valence-electron chi connectivity index (χ3n) is 5.66. The van der Waals surface area contributed by atoms with Crippen molar-refractivity contribution < 1.29 is 9.53 Å². The molecule has 2 atom stereocenters. The van der Waals surface area contributed by atoms with Crippen molar-refractivity contribution in [3.63, 3.8) is 0 Å². The van der Waals surface area contributed by atoms with E-state index in [0.29, 0.717) is 6.54 Å². The number of likely N-dealkylation sites (tertiary alicyclic amines) is 1. The molecule has 1 fully saturated rings. The molecular weight excluding hydrogens is 362 g/mol. The molecule has 0 saturated carbocycles. The van der Waals surface area contributed by atoms with Gasteiger partial charge < -0.3 is 10.1 Å². The van der Waals surface area contributed by atoms with E-state index in [-0.39, 0.29) is 18.0 Å². The van der Waals surface area contributed by atoms with Crippen LogP contribution in [0.4, 0.5) is 0 Å². The largest absolute Gasteiger partial charge is 0.497 e. The molecular formula is C24H33N3O2. The summed E-state index contributed by atoms with van der Waals surface area (Å²) in [5.74, 6) is 0.886. The van der Waals surface area contributed by atoms with Crippen LogP contribution in [0.25, 0.3) is 0 Å². The van der Waals surface area contributed by atoms with E-state index in [0.717, 1.165) is 24.4 Å². The maximum absolute atomic E-state index is 13.1. The lowest BCUT2D eigenvalue weighted by molar-refractivity contribution is -0.126. The minimum absolute atomic E-state index is 0.0334. The molecule has 5 nitrogen and oxygen atoms in total. The quantitative estimate of drug-likeness (QED) is 0.741. The number of ether oxygens (including phenoxy) is 1. The molecule has 3 rings (SSSR count). The van der Waals surface area contributed by atoms with Gasteiger partial charge in [0, 0.05) is 6.54 Å². The Balaban J connectivity index is 1.77. The first-order chi connectivity index (χ1) is 14.1. The van der Waals surface area contributed by atoms with E-state index in [1.54, 1.807) is 7.11 Å². The molecule has 0 aliphatic carbocycles. The lowest BCUT2D eigenvalue weighted by Crippen LogP contribution is -2.43. The topological polar surface area (TPSA) is 44.8 Å². The average molecular weight is 396 g/mol. The van der Waals surface area contributed by atoms with Crippen molar-refractivity contribution in [3.8, 4) is 5.75 Å². The van der Waals surface area contributed by atoms with Crippen molar-refractivity contribution >= 4 is 5.91 Å². The Morgan fingerprint density at radius 3 is 2.38 bits per heavy atom. The van der Waals surface area contributed by atoms with Crippen molar-refractivity contribution in [1.29, 1.82) is 0 Å². The molecule has 1 aliphatic heterocycles. The van der Waals surface area contributed by atoms with Crippen molar-refractivity contribution in [2.24, 2.45) is 0 Å². The lowest BCUT2D eigenvalue weighted by atomic mass is 10.0. The molecule has 5 heteroatoms. The number of nitrogens with zero attached hydrogens (tertiary/aromatic N) is 2. The second-order valence-corrected chi connectivity index (χ2v) is 7.91. The van der Waals surface area contributed by atoms with Crippen LogP contribution in [0.5, 0.6) is 5.75 Å². The minimum atomic E-state index is -0.302. The molecule has 2 aromatic carbocycles. The van der Waals surface area contributed by atoms with Gasteiger partial charge in [0.15, 0.2) is 0 Å². The number of hydrogen-bond donors (Lipinski definition) is 1. The summed E-state index contributed by atoms with van der Waals surface area (Å²) in [6.07, 6.45) is 3.70. The summed E-state index contributed by atoms with van der Waals surface area (Å²) < 4.78 is 5.43. The molecule has 1 N–H and O–H groups in total. The maximum Gasteiger partial charge on any atom is 0.242 e. The molecule has 156 valence electrons. The highest BCUT2D eigenvalue weighted by Crippen LogP contribution is 2.27. The number of carbonyl (C=O) groups excluding carboxylic acids is 1. The fourth-order valence-electron chi connectivity index (χ4n) is 4.15. The van der Waals surface area contributed by atoms with Gasteiger partial charge in [0.2, 0.25) is 5.91 Å². The first-order valence-corrected chi connectivity index (χ1v) is 10.5. The minimum Gasteiger partial charge on any atom is -0.497 e. The van der Waals surface area contributed by atoms with Crippen LogP contribution in [0.15, 0.2) is 54.6 Å². The Bertz CT molecular complexity index is 773. The van der Waals surface area contributed by atoms with Gasteiger partial charge in [-0.1, -0.05) is 48.9 Å². The molecule has 1 amide bonds. The van der Waals surface area contributed by atoms with E-state index in [1.807, 2.05) is 61.5 Å². The standard InChI is InChI=1S/C24H33N3O2/c1-26(2)23(19-11-6-4-7-12-19)24(28)25-18-22(27-15-8-5-9-16-27)20-13-10-14-21(17-20)29-3/h4,6-7,10-14,17,22-23H,5,8-9,15-16,18H2,1-3H3,(H,25,28). The SMILES string of the molecule is COc1cccc(C(CNC(=O)C(c2ccccc2)N(C)C)N2CCCCC2)c1. The molecule has 2 aromatic rings. The number of hydrogen-bond acceptors (Lipinski definition) is 4. The third-order valence-corrected chi connectivity index (χ3v) is 5.66. The summed E-state index contributed by atoms with van der Waals surface area (Å²) in [7, 11) is 5.58. The lowest BCUT2D eigenvalue weighted by Gasteiger charge is -2.35. The predicted octanol–water partition coefficient (Wildman–Crippen LogP) is 3.64. The number of nitrogens with one attached hydrogen (secondary N) is 1. The van der Waals surface area contributed by atoms with Gasteiger partial charge in [-0.05, 0) is 63.3 Å². The van der Waals surface area contributed by atoms with Gasteiger partial charge in [0.25, 0.3) is 0 Å². The second kappa shape index (κ2) is 10.4. The highest BCUT2D eigenvalue weighted by Gasteiger charge is 2.27. The highest BCUT2D eigenvalue weighted by atomic mass is 16.5. The summed E-state index contributed by atoms with van der Waals surface area (Å²) in [6, 6.07) is 18.0. The Morgan fingerprint density at radius 1 is 1.03 bits per heavy atom. The predicted molar refractivity (Wildman–Crippen MR) is 117 cm³/mol. The van der Waals surface area contributed by atoms with Gasteiger partial charge in [-0.15, -0.1) is 0 Å². The number of benzene rings is 2. The number of carbonyl (C=O) groups is 1. The number of rotatable bonds is 8. The zero-order valence-corrected chi connectivity index (χ0v) is 17.8. The molecule has 0 bridgehead atoms. The maximum atomic E-state index is 13.1. The molecule has 1 aliphatic rings. The highest BCUT2D eigenvalue weighted by molar-refractivity contribution is 5.83. The first-order valence-electron chi connectivity index (χ1n) is 10.5. The van der Waals surface area contributed by atoms with Crippen molar-refractivity contribution in [2.75, 3.05) is 40.8 Å². The van der Waals surface area contributed by atoms with E-state index in [2.05, 4.69) is 22.3 Å². The molecule has 1 saturated heterocycles. The molecule has 2 unspecified atom stereocenters. The van der Waals surface area contributed by atoms with Crippen LogP contribution in [0, 0.1) is 0 Å². The Hall–Kier alpha value is -2.37. The summed E-state index contributed by atoms with van der Waals surface area (Å²) in [5, 5.41) is 3.23. The molecule has 0 spiro atoms. The van der Waals surface area contributed by atoms with Gasteiger partial charge in [-0.25, -0.2) is 0 Å². The Morgan fingerprint density at radius 2 is 1.72 bits per heavy atom. The van der Waals surface area contributed by atoms with Crippen molar-refractivity contribution in [2.45, 2.75) is 31.3 Å². The van der Waals surface area contributed by atoms with Crippen LogP contribution in [0.2, 0.25) is 0 Å². The fraction of sp³-hybridized carbons (Fsp3) is 0.458. The second-order valence-electron chi connectivity index (χ2n) is 7.91. The summed E-state index contributed by atoms with van der Waals surface area (Å²) in [6.45, 7) is 2.71. The van der Waals surface area contributed by atoms with Crippen LogP contribution in [-0.4, -0.2) is 56.5 Å². The van der Waals surface area contributed by atoms with Crippen LogP contribution in [0.1, 0.15) is 42.5 Å².